The number of anilines is 1. The summed E-state index contributed by atoms with van der Waals surface area (Å²) < 4.78 is 13.1. The van der Waals surface area contributed by atoms with Crippen LogP contribution >= 0.6 is 0 Å². The summed E-state index contributed by atoms with van der Waals surface area (Å²) >= 11 is 0. The Morgan fingerprint density at radius 3 is 2.61 bits per heavy atom. The Morgan fingerprint density at radius 1 is 1.28 bits per heavy atom. The first kappa shape index (κ1) is 11.9. The van der Waals surface area contributed by atoms with Crippen LogP contribution in [-0.4, -0.2) is 42.1 Å². The maximum atomic E-state index is 13.1. The van der Waals surface area contributed by atoms with E-state index in [9.17, 15) is 4.39 Å². The third-order valence-electron chi connectivity index (χ3n) is 3.81. The summed E-state index contributed by atoms with van der Waals surface area (Å²) in [6, 6.07) is 2.32. The van der Waals surface area contributed by atoms with E-state index in [0.29, 0.717) is 6.54 Å². The number of piperazine rings is 1. The van der Waals surface area contributed by atoms with Gasteiger partial charge in [-0.3, -0.25) is 4.90 Å². The van der Waals surface area contributed by atoms with E-state index in [2.05, 4.69) is 14.8 Å². The molecule has 4 nitrogen and oxygen atoms in total. The molecule has 0 aromatic carbocycles. The molecule has 0 spiro atoms. The summed E-state index contributed by atoms with van der Waals surface area (Å²) in [5.74, 6) is 0.546. The second kappa shape index (κ2) is 4.82. The summed E-state index contributed by atoms with van der Waals surface area (Å²) in [7, 11) is 0. The Kier molecular flexibility index (Phi) is 3.18. The van der Waals surface area contributed by atoms with Crippen LogP contribution in [-0.2, 0) is 6.54 Å². The molecule has 0 amide bonds. The lowest BCUT2D eigenvalue weighted by Gasteiger charge is -2.36. The molecule has 2 N–H and O–H groups in total. The van der Waals surface area contributed by atoms with Gasteiger partial charge in [-0.2, -0.15) is 0 Å². The molecule has 1 aliphatic carbocycles. The fraction of sp³-hybridized carbons (Fsp3) is 0.615. The molecule has 0 atom stereocenters. The summed E-state index contributed by atoms with van der Waals surface area (Å²) in [5, 5.41) is 0. The smallest absolute Gasteiger partial charge is 0.141 e. The Morgan fingerprint density at radius 2 is 2.00 bits per heavy atom. The summed E-state index contributed by atoms with van der Waals surface area (Å²) in [5.41, 5.74) is 6.47. The van der Waals surface area contributed by atoms with Gasteiger partial charge < -0.3 is 10.6 Å². The molecule has 1 aliphatic heterocycles. The number of halogens is 1. The standard InChI is InChI=1S/C13H19FN4/c14-11-7-10(8-15)13(16-9-11)18-5-3-17(4-6-18)12-1-2-12/h7,9,12H,1-6,8,15H2. The van der Waals surface area contributed by atoms with Crippen molar-refractivity contribution in [2.75, 3.05) is 31.1 Å². The van der Waals surface area contributed by atoms with Crippen LogP contribution < -0.4 is 10.6 Å². The van der Waals surface area contributed by atoms with E-state index in [4.69, 9.17) is 5.73 Å². The first-order valence-corrected chi connectivity index (χ1v) is 6.61. The van der Waals surface area contributed by atoms with Crippen molar-refractivity contribution < 1.29 is 4.39 Å². The van der Waals surface area contributed by atoms with Crippen molar-refractivity contribution in [3.8, 4) is 0 Å². The lowest BCUT2D eigenvalue weighted by Crippen LogP contribution is -2.47. The quantitative estimate of drug-likeness (QED) is 0.868. The van der Waals surface area contributed by atoms with E-state index in [-0.39, 0.29) is 5.82 Å². The average molecular weight is 250 g/mol. The van der Waals surface area contributed by atoms with Crippen LogP contribution in [0.4, 0.5) is 10.2 Å². The van der Waals surface area contributed by atoms with Crippen molar-refractivity contribution >= 4 is 5.82 Å². The molecule has 0 bridgehead atoms. The molecule has 1 saturated heterocycles. The third kappa shape index (κ3) is 2.33. The van der Waals surface area contributed by atoms with Gasteiger partial charge in [-0.25, -0.2) is 9.37 Å². The van der Waals surface area contributed by atoms with Crippen molar-refractivity contribution in [3.63, 3.8) is 0 Å². The molecule has 1 aromatic heterocycles. The highest BCUT2D eigenvalue weighted by Gasteiger charge is 2.31. The molecule has 98 valence electrons. The van der Waals surface area contributed by atoms with Gasteiger partial charge in [-0.05, 0) is 18.9 Å². The first-order valence-electron chi connectivity index (χ1n) is 6.61. The van der Waals surface area contributed by atoms with E-state index in [0.717, 1.165) is 43.6 Å². The van der Waals surface area contributed by atoms with Gasteiger partial charge >= 0.3 is 0 Å². The van der Waals surface area contributed by atoms with Crippen molar-refractivity contribution in [1.82, 2.24) is 9.88 Å². The molecule has 1 saturated carbocycles. The van der Waals surface area contributed by atoms with E-state index >= 15 is 0 Å². The van der Waals surface area contributed by atoms with E-state index < -0.39 is 0 Å². The molecule has 2 heterocycles. The van der Waals surface area contributed by atoms with Gasteiger partial charge in [0, 0.05) is 44.3 Å². The van der Waals surface area contributed by atoms with E-state index in [1.165, 1.54) is 25.1 Å². The Labute approximate surface area is 107 Å². The van der Waals surface area contributed by atoms with Gasteiger partial charge in [-0.1, -0.05) is 0 Å². The number of hydrogen-bond donors (Lipinski definition) is 1. The minimum Gasteiger partial charge on any atom is -0.354 e. The predicted molar refractivity (Wildman–Crippen MR) is 68.9 cm³/mol. The molecule has 3 rings (SSSR count). The number of nitrogens with zero attached hydrogens (tertiary/aromatic N) is 3. The highest BCUT2D eigenvalue weighted by Crippen LogP contribution is 2.28. The van der Waals surface area contributed by atoms with Gasteiger partial charge in [0.05, 0.1) is 6.20 Å². The Hall–Kier alpha value is -1.20. The van der Waals surface area contributed by atoms with Gasteiger partial charge in [-0.15, -0.1) is 0 Å². The Balaban J connectivity index is 1.71. The lowest BCUT2D eigenvalue weighted by molar-refractivity contribution is 0.247. The van der Waals surface area contributed by atoms with Gasteiger partial charge in [0.25, 0.3) is 0 Å². The second-order valence-electron chi connectivity index (χ2n) is 5.09. The fourth-order valence-corrected chi connectivity index (χ4v) is 2.65. The van der Waals surface area contributed by atoms with Gasteiger partial charge in [0.2, 0.25) is 0 Å². The maximum absolute atomic E-state index is 13.1. The minimum atomic E-state index is -0.309. The number of nitrogens with two attached hydrogens (primary N) is 1. The summed E-state index contributed by atoms with van der Waals surface area (Å²) in [6.07, 6.45) is 3.98. The molecular weight excluding hydrogens is 231 g/mol. The third-order valence-corrected chi connectivity index (χ3v) is 3.81. The van der Waals surface area contributed by atoms with Crippen LogP contribution in [0.5, 0.6) is 0 Å². The molecule has 1 aromatic rings. The Bertz CT molecular complexity index is 425. The van der Waals surface area contributed by atoms with Crippen molar-refractivity contribution in [3.05, 3.63) is 23.6 Å². The van der Waals surface area contributed by atoms with Crippen molar-refractivity contribution in [2.24, 2.45) is 5.73 Å². The van der Waals surface area contributed by atoms with Gasteiger partial charge in [0.15, 0.2) is 0 Å². The molecular formula is C13H19FN4. The number of pyridine rings is 1. The van der Waals surface area contributed by atoms with Crippen LogP contribution in [0, 0.1) is 5.82 Å². The molecule has 2 fully saturated rings. The van der Waals surface area contributed by atoms with E-state index in [1.54, 1.807) is 0 Å². The van der Waals surface area contributed by atoms with Crippen molar-refractivity contribution in [2.45, 2.75) is 25.4 Å². The van der Waals surface area contributed by atoms with Crippen LogP contribution in [0.2, 0.25) is 0 Å². The summed E-state index contributed by atoms with van der Waals surface area (Å²) in [6.45, 7) is 4.41. The predicted octanol–water partition coefficient (Wildman–Crippen LogP) is 0.964. The molecule has 0 radical (unpaired) electrons. The number of hydrogen-bond acceptors (Lipinski definition) is 4. The molecule has 2 aliphatic rings. The molecule has 0 unspecified atom stereocenters. The fourth-order valence-electron chi connectivity index (χ4n) is 2.65. The topological polar surface area (TPSA) is 45.4 Å². The van der Waals surface area contributed by atoms with Crippen molar-refractivity contribution in [1.29, 1.82) is 0 Å². The van der Waals surface area contributed by atoms with Crippen LogP contribution in [0.1, 0.15) is 18.4 Å². The van der Waals surface area contributed by atoms with Crippen LogP contribution in [0.25, 0.3) is 0 Å². The highest BCUT2D eigenvalue weighted by atomic mass is 19.1. The lowest BCUT2D eigenvalue weighted by atomic mass is 10.2. The zero-order valence-corrected chi connectivity index (χ0v) is 10.5. The molecule has 5 heteroatoms. The monoisotopic (exact) mass is 250 g/mol. The van der Waals surface area contributed by atoms with E-state index in [1.807, 2.05) is 0 Å². The SMILES string of the molecule is NCc1cc(F)cnc1N1CCN(C2CC2)CC1. The van der Waals surface area contributed by atoms with Crippen LogP contribution in [0.15, 0.2) is 12.3 Å². The zero-order chi connectivity index (χ0) is 12.5. The largest absolute Gasteiger partial charge is 0.354 e. The summed E-state index contributed by atoms with van der Waals surface area (Å²) in [4.78, 5) is 8.98. The second-order valence-corrected chi connectivity index (χ2v) is 5.09. The zero-order valence-electron chi connectivity index (χ0n) is 10.5. The first-order chi connectivity index (χ1) is 8.78. The minimum absolute atomic E-state index is 0.309. The number of aromatic nitrogens is 1. The van der Waals surface area contributed by atoms with Gasteiger partial charge in [0.1, 0.15) is 11.6 Å². The normalized spacial score (nSPS) is 21.3. The number of rotatable bonds is 3. The molecule has 18 heavy (non-hydrogen) atoms. The maximum Gasteiger partial charge on any atom is 0.141 e. The van der Waals surface area contributed by atoms with Crippen LogP contribution in [0.3, 0.4) is 0 Å². The average Bonchev–Trinajstić information content (AvgIpc) is 3.23. The highest BCUT2D eigenvalue weighted by molar-refractivity contribution is 5.47.